The molecule has 1 unspecified atom stereocenters. The number of alkyl halides is 2. The topological polar surface area (TPSA) is 21.3 Å². The molecule has 0 saturated carbocycles. The van der Waals surface area contributed by atoms with Crippen molar-refractivity contribution >= 4 is 11.6 Å². The van der Waals surface area contributed by atoms with E-state index in [1.54, 1.807) is 12.1 Å². The normalized spacial score (nSPS) is 13.6. The molecule has 1 N–H and O–H groups in total. The standard InChI is InChI=1S/C15H22ClF2NO/c1-10(15(2,3)4)8-19-9-11-7-12(16)5-6-13(11)20-14(17)18/h5-7,10,14,19H,8-9H2,1-4H3. The Morgan fingerprint density at radius 2 is 1.95 bits per heavy atom. The fourth-order valence-electron chi connectivity index (χ4n) is 1.63. The van der Waals surface area contributed by atoms with Gasteiger partial charge in [0.1, 0.15) is 5.75 Å². The molecule has 1 atom stereocenters. The van der Waals surface area contributed by atoms with Crippen molar-refractivity contribution in [2.75, 3.05) is 6.54 Å². The van der Waals surface area contributed by atoms with Crippen molar-refractivity contribution in [2.45, 2.75) is 40.9 Å². The van der Waals surface area contributed by atoms with Crippen LogP contribution in [0.4, 0.5) is 8.78 Å². The Hall–Kier alpha value is -0.870. The van der Waals surface area contributed by atoms with E-state index in [1.807, 2.05) is 0 Å². The minimum Gasteiger partial charge on any atom is -0.434 e. The van der Waals surface area contributed by atoms with Crippen LogP contribution in [0.1, 0.15) is 33.3 Å². The molecule has 0 bridgehead atoms. The zero-order chi connectivity index (χ0) is 15.3. The van der Waals surface area contributed by atoms with Gasteiger partial charge < -0.3 is 10.1 Å². The first-order valence-electron chi connectivity index (χ1n) is 6.64. The van der Waals surface area contributed by atoms with Crippen LogP contribution >= 0.6 is 11.6 Å². The van der Waals surface area contributed by atoms with Gasteiger partial charge in [-0.1, -0.05) is 39.3 Å². The van der Waals surface area contributed by atoms with Gasteiger partial charge >= 0.3 is 6.61 Å². The van der Waals surface area contributed by atoms with E-state index in [1.165, 1.54) is 6.07 Å². The predicted molar refractivity (Wildman–Crippen MR) is 78.4 cm³/mol. The van der Waals surface area contributed by atoms with Crippen LogP contribution in [0.15, 0.2) is 18.2 Å². The number of benzene rings is 1. The van der Waals surface area contributed by atoms with Gasteiger partial charge in [0.25, 0.3) is 0 Å². The van der Waals surface area contributed by atoms with Crippen LogP contribution in [0.3, 0.4) is 0 Å². The lowest BCUT2D eigenvalue weighted by Crippen LogP contribution is -2.29. The predicted octanol–water partition coefficient (Wildman–Crippen LogP) is 4.71. The lowest BCUT2D eigenvalue weighted by atomic mass is 9.82. The van der Waals surface area contributed by atoms with Crippen LogP contribution < -0.4 is 10.1 Å². The molecular weight excluding hydrogens is 284 g/mol. The molecule has 0 aliphatic rings. The number of hydrogen-bond donors (Lipinski definition) is 1. The van der Waals surface area contributed by atoms with Gasteiger partial charge in [-0.05, 0) is 36.1 Å². The summed E-state index contributed by atoms with van der Waals surface area (Å²) in [5.74, 6) is 0.626. The molecule has 0 spiro atoms. The highest BCUT2D eigenvalue weighted by Crippen LogP contribution is 2.26. The van der Waals surface area contributed by atoms with Gasteiger partial charge in [-0.15, -0.1) is 0 Å². The highest BCUT2D eigenvalue weighted by molar-refractivity contribution is 6.30. The second-order valence-electron chi connectivity index (χ2n) is 6.03. The summed E-state index contributed by atoms with van der Waals surface area (Å²) in [7, 11) is 0. The highest BCUT2D eigenvalue weighted by Gasteiger charge is 2.19. The second-order valence-corrected chi connectivity index (χ2v) is 6.46. The minimum absolute atomic E-state index is 0.167. The van der Waals surface area contributed by atoms with Gasteiger partial charge in [-0.2, -0.15) is 8.78 Å². The zero-order valence-corrected chi connectivity index (χ0v) is 13.1. The van der Waals surface area contributed by atoms with Crippen LogP contribution in [0.25, 0.3) is 0 Å². The first kappa shape index (κ1) is 17.2. The third-order valence-electron chi connectivity index (χ3n) is 3.48. The van der Waals surface area contributed by atoms with E-state index in [-0.39, 0.29) is 11.2 Å². The molecule has 0 aliphatic heterocycles. The summed E-state index contributed by atoms with van der Waals surface area (Å²) < 4.78 is 29.2. The Bertz CT molecular complexity index is 432. The summed E-state index contributed by atoms with van der Waals surface area (Å²) in [6, 6.07) is 4.66. The van der Waals surface area contributed by atoms with Crippen LogP contribution in [0.5, 0.6) is 5.75 Å². The molecule has 0 aliphatic carbocycles. The van der Waals surface area contributed by atoms with Crippen LogP contribution in [-0.2, 0) is 6.54 Å². The average Bonchev–Trinajstić information content (AvgIpc) is 2.30. The molecule has 1 aromatic carbocycles. The average molecular weight is 306 g/mol. The third kappa shape index (κ3) is 5.63. The van der Waals surface area contributed by atoms with Crippen LogP contribution in [-0.4, -0.2) is 13.2 Å². The van der Waals surface area contributed by atoms with Gasteiger partial charge in [0.05, 0.1) is 0 Å². The Morgan fingerprint density at radius 3 is 2.50 bits per heavy atom. The molecule has 1 rings (SSSR count). The molecule has 5 heteroatoms. The van der Waals surface area contributed by atoms with Crippen molar-refractivity contribution < 1.29 is 13.5 Å². The minimum atomic E-state index is -2.83. The SMILES string of the molecule is CC(CNCc1cc(Cl)ccc1OC(F)F)C(C)(C)C. The van der Waals surface area contributed by atoms with E-state index in [0.29, 0.717) is 23.0 Å². The first-order chi connectivity index (χ1) is 9.20. The van der Waals surface area contributed by atoms with Crippen molar-refractivity contribution in [3.63, 3.8) is 0 Å². The maximum atomic E-state index is 12.3. The Labute approximate surface area is 124 Å². The van der Waals surface area contributed by atoms with Crippen LogP contribution in [0, 0.1) is 11.3 Å². The maximum absolute atomic E-state index is 12.3. The lowest BCUT2D eigenvalue weighted by Gasteiger charge is -2.27. The molecule has 0 fully saturated rings. The van der Waals surface area contributed by atoms with E-state index >= 15 is 0 Å². The Balaban J connectivity index is 2.64. The van der Waals surface area contributed by atoms with Crippen molar-refractivity contribution in [3.8, 4) is 5.75 Å². The summed E-state index contributed by atoms with van der Waals surface area (Å²) in [5, 5.41) is 3.77. The molecule has 0 radical (unpaired) electrons. The monoisotopic (exact) mass is 305 g/mol. The fraction of sp³-hybridized carbons (Fsp3) is 0.600. The van der Waals surface area contributed by atoms with Crippen molar-refractivity contribution in [1.82, 2.24) is 5.32 Å². The third-order valence-corrected chi connectivity index (χ3v) is 3.72. The van der Waals surface area contributed by atoms with E-state index in [9.17, 15) is 8.78 Å². The van der Waals surface area contributed by atoms with Gasteiger partial charge in [-0.3, -0.25) is 0 Å². The fourth-order valence-corrected chi connectivity index (χ4v) is 1.82. The van der Waals surface area contributed by atoms with E-state index < -0.39 is 6.61 Å². The second kappa shape index (κ2) is 7.23. The lowest BCUT2D eigenvalue weighted by molar-refractivity contribution is -0.0505. The quantitative estimate of drug-likeness (QED) is 0.821. The van der Waals surface area contributed by atoms with Crippen LogP contribution in [0.2, 0.25) is 5.02 Å². The van der Waals surface area contributed by atoms with Crippen molar-refractivity contribution in [2.24, 2.45) is 11.3 Å². The van der Waals surface area contributed by atoms with E-state index in [4.69, 9.17) is 11.6 Å². The summed E-state index contributed by atoms with van der Waals surface area (Å²) >= 11 is 5.90. The molecular formula is C15H22ClF2NO. The van der Waals surface area contributed by atoms with E-state index in [0.717, 1.165) is 6.54 Å². The molecule has 0 amide bonds. The Kier molecular flexibility index (Phi) is 6.21. The number of ether oxygens (including phenoxy) is 1. The maximum Gasteiger partial charge on any atom is 0.387 e. The summed E-state index contributed by atoms with van der Waals surface area (Å²) in [6.07, 6.45) is 0. The Morgan fingerprint density at radius 1 is 1.30 bits per heavy atom. The van der Waals surface area contributed by atoms with E-state index in [2.05, 4.69) is 37.7 Å². The molecule has 0 saturated heterocycles. The molecule has 0 aromatic heterocycles. The first-order valence-corrected chi connectivity index (χ1v) is 7.02. The molecule has 20 heavy (non-hydrogen) atoms. The van der Waals surface area contributed by atoms with Gasteiger partial charge in [0, 0.05) is 17.1 Å². The summed E-state index contributed by atoms with van der Waals surface area (Å²) in [6.45, 7) is 7.08. The number of nitrogens with one attached hydrogen (secondary N) is 1. The number of halogens is 3. The largest absolute Gasteiger partial charge is 0.434 e. The highest BCUT2D eigenvalue weighted by atomic mass is 35.5. The van der Waals surface area contributed by atoms with Gasteiger partial charge in [-0.25, -0.2) is 0 Å². The van der Waals surface area contributed by atoms with Gasteiger partial charge in [0.2, 0.25) is 0 Å². The molecule has 0 heterocycles. The van der Waals surface area contributed by atoms with Crippen molar-refractivity contribution in [3.05, 3.63) is 28.8 Å². The number of rotatable bonds is 6. The molecule has 114 valence electrons. The zero-order valence-electron chi connectivity index (χ0n) is 12.3. The summed E-state index contributed by atoms with van der Waals surface area (Å²) in [4.78, 5) is 0. The molecule has 2 nitrogen and oxygen atoms in total. The van der Waals surface area contributed by atoms with Gasteiger partial charge in [0.15, 0.2) is 0 Å². The molecule has 1 aromatic rings. The summed E-state index contributed by atoms with van der Waals surface area (Å²) in [5.41, 5.74) is 0.836. The number of hydrogen-bond acceptors (Lipinski definition) is 2. The van der Waals surface area contributed by atoms with Crippen molar-refractivity contribution in [1.29, 1.82) is 0 Å². The smallest absolute Gasteiger partial charge is 0.387 e.